The molecule has 2 aromatic rings. The highest BCUT2D eigenvalue weighted by Crippen LogP contribution is 2.43. The fourth-order valence-corrected chi connectivity index (χ4v) is 4.46. The van der Waals surface area contributed by atoms with Crippen LogP contribution in [0.15, 0.2) is 29.2 Å². The van der Waals surface area contributed by atoms with E-state index in [9.17, 15) is 4.79 Å². The van der Waals surface area contributed by atoms with Crippen LogP contribution in [0.5, 0.6) is 0 Å². The van der Waals surface area contributed by atoms with Crippen molar-refractivity contribution in [2.75, 3.05) is 20.2 Å². The Morgan fingerprint density at radius 3 is 3.07 bits per heavy atom. The zero-order valence-electron chi connectivity index (χ0n) is 16.1. The zero-order valence-corrected chi connectivity index (χ0v) is 16.9. The van der Waals surface area contributed by atoms with E-state index in [4.69, 9.17) is 4.84 Å². The summed E-state index contributed by atoms with van der Waals surface area (Å²) in [4.78, 5) is 29.4. The Hall–Kier alpha value is -2.72. The van der Waals surface area contributed by atoms with Crippen LogP contribution in [0.1, 0.15) is 34.0 Å². The van der Waals surface area contributed by atoms with Crippen LogP contribution in [0.3, 0.4) is 0 Å². The Kier molecular flexibility index (Phi) is 4.90. The molecule has 0 aliphatic carbocycles. The molecule has 2 aliphatic rings. The lowest BCUT2D eigenvalue weighted by Gasteiger charge is -2.32. The van der Waals surface area contributed by atoms with Gasteiger partial charge in [-0.2, -0.15) is 10.2 Å². The van der Waals surface area contributed by atoms with Crippen LogP contribution in [-0.4, -0.2) is 56.8 Å². The minimum absolute atomic E-state index is 0.180. The van der Waals surface area contributed by atoms with E-state index in [2.05, 4.69) is 27.0 Å². The Labute approximate surface area is 167 Å². The number of urea groups is 1. The molecule has 1 saturated heterocycles. The summed E-state index contributed by atoms with van der Waals surface area (Å²) in [5.74, 6) is 0.704. The minimum Gasteiger partial charge on any atom is -0.365 e. The van der Waals surface area contributed by atoms with Crippen LogP contribution >= 0.6 is 11.3 Å². The fraction of sp³-hybridized carbons (Fsp3) is 0.444. The molecule has 4 heterocycles. The van der Waals surface area contributed by atoms with Crippen molar-refractivity contribution >= 4 is 23.2 Å². The number of rotatable bonds is 6. The van der Waals surface area contributed by atoms with E-state index in [-0.39, 0.29) is 24.7 Å². The van der Waals surface area contributed by atoms with Gasteiger partial charge in [0, 0.05) is 30.7 Å². The SMILES string of the molecule is C=CCON1C(=O)N2C[C@H]1c1cnn(C)c1[C@H]2C(=NC)NCc1nc(C)cs1. The molecule has 2 aromatic heterocycles. The van der Waals surface area contributed by atoms with Gasteiger partial charge in [0.15, 0.2) is 0 Å². The highest BCUT2D eigenvalue weighted by Gasteiger charge is 2.51. The first-order valence-corrected chi connectivity index (χ1v) is 9.90. The number of hydroxylamine groups is 2. The third-order valence-corrected chi connectivity index (χ3v) is 5.92. The quantitative estimate of drug-likeness (QED) is 0.454. The molecule has 0 aromatic carbocycles. The summed E-state index contributed by atoms with van der Waals surface area (Å²) in [7, 11) is 3.61. The number of nitrogens with one attached hydrogen (secondary N) is 1. The number of hydrogen-bond donors (Lipinski definition) is 1. The lowest BCUT2D eigenvalue weighted by atomic mass is 9.97. The van der Waals surface area contributed by atoms with Crippen molar-refractivity contribution in [2.45, 2.75) is 25.6 Å². The maximum absolute atomic E-state index is 13.0. The fourth-order valence-electron chi connectivity index (χ4n) is 3.75. The van der Waals surface area contributed by atoms with Crippen molar-refractivity contribution in [3.8, 4) is 0 Å². The maximum atomic E-state index is 13.0. The van der Waals surface area contributed by atoms with Crippen molar-refractivity contribution in [1.82, 2.24) is 30.0 Å². The number of carbonyl (C=O) groups is 1. The Bertz CT molecular complexity index is 934. The molecule has 1 fully saturated rings. The summed E-state index contributed by atoms with van der Waals surface area (Å²) in [6.07, 6.45) is 3.44. The van der Waals surface area contributed by atoms with E-state index in [1.165, 1.54) is 5.06 Å². The second-order valence-corrected chi connectivity index (χ2v) is 7.66. The first-order chi connectivity index (χ1) is 13.5. The van der Waals surface area contributed by atoms with Gasteiger partial charge >= 0.3 is 6.03 Å². The second kappa shape index (κ2) is 7.36. The first kappa shape index (κ1) is 18.6. The van der Waals surface area contributed by atoms with Crippen molar-refractivity contribution in [3.63, 3.8) is 0 Å². The number of carbonyl (C=O) groups excluding carboxylic acids is 1. The molecule has 0 unspecified atom stereocenters. The molecule has 0 saturated carbocycles. The van der Waals surface area contributed by atoms with Gasteiger partial charge < -0.3 is 10.2 Å². The molecule has 2 atom stereocenters. The predicted octanol–water partition coefficient (Wildman–Crippen LogP) is 1.95. The Morgan fingerprint density at radius 2 is 2.39 bits per heavy atom. The van der Waals surface area contributed by atoms with Crippen molar-refractivity contribution in [2.24, 2.45) is 12.0 Å². The number of nitrogens with zero attached hydrogens (tertiary/aromatic N) is 6. The largest absolute Gasteiger partial charge is 0.365 e. The minimum atomic E-state index is -0.352. The van der Waals surface area contributed by atoms with Gasteiger partial charge in [0.2, 0.25) is 0 Å². The summed E-state index contributed by atoms with van der Waals surface area (Å²) < 4.78 is 1.81. The smallest absolute Gasteiger partial charge is 0.345 e. The molecule has 0 radical (unpaired) electrons. The van der Waals surface area contributed by atoms with E-state index in [1.807, 2.05) is 30.2 Å². The topological polar surface area (TPSA) is 87.9 Å². The Balaban J connectivity index is 1.65. The van der Waals surface area contributed by atoms with Crippen LogP contribution in [0.25, 0.3) is 0 Å². The molecule has 9 nitrogen and oxygen atoms in total. The van der Waals surface area contributed by atoms with Gasteiger partial charge in [0.05, 0.1) is 31.6 Å². The van der Waals surface area contributed by atoms with Gasteiger partial charge in [0.25, 0.3) is 0 Å². The molecular formula is C18H23N7O2S. The van der Waals surface area contributed by atoms with Crippen LogP contribution in [0.2, 0.25) is 0 Å². The number of amidine groups is 1. The molecular weight excluding hydrogens is 378 g/mol. The van der Waals surface area contributed by atoms with Crippen molar-refractivity contribution in [1.29, 1.82) is 0 Å². The summed E-state index contributed by atoms with van der Waals surface area (Å²) >= 11 is 1.60. The molecule has 2 amide bonds. The van der Waals surface area contributed by atoms with Gasteiger partial charge in [-0.1, -0.05) is 6.08 Å². The summed E-state index contributed by atoms with van der Waals surface area (Å²) in [6.45, 7) is 6.98. The van der Waals surface area contributed by atoms with Crippen molar-refractivity contribution < 1.29 is 9.63 Å². The third kappa shape index (κ3) is 2.98. The van der Waals surface area contributed by atoms with E-state index in [0.29, 0.717) is 18.9 Å². The third-order valence-electron chi connectivity index (χ3n) is 4.95. The lowest BCUT2D eigenvalue weighted by Crippen LogP contribution is -2.44. The molecule has 10 heteroatoms. The number of thiazole rings is 1. The van der Waals surface area contributed by atoms with Gasteiger partial charge in [-0.25, -0.2) is 9.78 Å². The predicted molar refractivity (Wildman–Crippen MR) is 106 cm³/mol. The van der Waals surface area contributed by atoms with E-state index >= 15 is 0 Å². The van der Waals surface area contributed by atoms with Gasteiger partial charge in [0.1, 0.15) is 22.9 Å². The lowest BCUT2D eigenvalue weighted by molar-refractivity contribution is -0.118. The maximum Gasteiger partial charge on any atom is 0.345 e. The average Bonchev–Trinajstić information content (AvgIpc) is 3.35. The average molecular weight is 401 g/mol. The summed E-state index contributed by atoms with van der Waals surface area (Å²) in [5.41, 5.74) is 2.92. The molecule has 2 aliphatic heterocycles. The highest BCUT2D eigenvalue weighted by molar-refractivity contribution is 7.09. The van der Waals surface area contributed by atoms with Crippen LogP contribution in [0.4, 0.5) is 4.79 Å². The summed E-state index contributed by atoms with van der Waals surface area (Å²) in [6, 6.07) is -0.720. The monoisotopic (exact) mass is 401 g/mol. The summed E-state index contributed by atoms with van der Waals surface area (Å²) in [5, 5.41) is 12.2. The molecule has 1 N–H and O–H groups in total. The number of aliphatic imine (C=N–C) groups is 1. The number of aromatic nitrogens is 3. The van der Waals surface area contributed by atoms with Crippen LogP contribution < -0.4 is 5.32 Å². The standard InChI is InChI=1S/C18H23N7O2S/c1-5-6-27-25-13-9-24(18(25)26)16(15-12(13)7-21-23(15)4)17(19-3)20-8-14-22-11(2)10-28-14/h5,7,10,13,16H,1,6,8-9H2,2-4H3,(H,19,20)/t13-,16-/m0/s1. The van der Waals surface area contributed by atoms with Gasteiger partial charge in [-0.15, -0.1) is 17.9 Å². The Morgan fingerprint density at radius 1 is 1.57 bits per heavy atom. The highest BCUT2D eigenvalue weighted by atomic mass is 32.1. The molecule has 28 heavy (non-hydrogen) atoms. The molecule has 2 bridgehead atoms. The first-order valence-electron chi connectivity index (χ1n) is 9.02. The van der Waals surface area contributed by atoms with Gasteiger partial charge in [-0.05, 0) is 6.92 Å². The number of aryl methyl sites for hydroxylation is 2. The van der Waals surface area contributed by atoms with E-state index in [1.54, 1.807) is 29.4 Å². The second-order valence-electron chi connectivity index (χ2n) is 6.72. The zero-order chi connectivity index (χ0) is 19.8. The molecule has 148 valence electrons. The normalized spacial score (nSPS) is 21.2. The number of amides is 2. The van der Waals surface area contributed by atoms with Crippen molar-refractivity contribution in [3.05, 3.63) is 46.2 Å². The van der Waals surface area contributed by atoms with E-state index < -0.39 is 0 Å². The number of fused-ring (bicyclic) bond motifs is 4. The number of hydrogen-bond acceptors (Lipinski definition) is 6. The van der Waals surface area contributed by atoms with Gasteiger partial charge in [-0.3, -0.25) is 14.5 Å². The molecule has 0 spiro atoms. The van der Waals surface area contributed by atoms with Crippen LogP contribution in [0, 0.1) is 6.92 Å². The molecule has 4 rings (SSSR count). The van der Waals surface area contributed by atoms with E-state index in [0.717, 1.165) is 22.0 Å². The van der Waals surface area contributed by atoms with Crippen LogP contribution in [-0.2, 0) is 18.4 Å².